The van der Waals surface area contributed by atoms with Gasteiger partial charge < -0.3 is 5.73 Å². The fraction of sp³-hybridized carbons (Fsp3) is 0.933. The first-order chi connectivity index (χ1) is 8.34. The Morgan fingerprint density at radius 1 is 1.33 bits per heavy atom. The van der Waals surface area contributed by atoms with Crippen molar-refractivity contribution in [3.05, 3.63) is 0 Å². The Labute approximate surface area is 118 Å². The summed E-state index contributed by atoms with van der Waals surface area (Å²) >= 11 is 5.07. The normalized spacial score (nSPS) is 24.6. The van der Waals surface area contributed by atoms with E-state index in [9.17, 15) is 0 Å². The predicted molar refractivity (Wildman–Crippen MR) is 83.9 cm³/mol. The van der Waals surface area contributed by atoms with E-state index in [2.05, 4.69) is 32.6 Å². The number of thiocarbonyl (C=S) groups is 1. The summed E-state index contributed by atoms with van der Waals surface area (Å²) in [5.41, 5.74) is 6.16. The standard InChI is InChI=1S/C15H30N2S/c1-5-13(11-14(16)18)17-9-6-7-12(8-10-17)15(2,3)4/h12-13H,5-11H2,1-4H3,(H2,16,18). The van der Waals surface area contributed by atoms with Crippen LogP contribution in [0, 0.1) is 11.3 Å². The first kappa shape index (κ1) is 15.9. The van der Waals surface area contributed by atoms with Crippen LogP contribution in [-0.2, 0) is 0 Å². The van der Waals surface area contributed by atoms with Gasteiger partial charge in [-0.25, -0.2) is 0 Å². The number of hydrogen-bond acceptors (Lipinski definition) is 2. The molecule has 0 radical (unpaired) electrons. The minimum atomic E-state index is 0.445. The first-order valence-electron chi connectivity index (χ1n) is 7.37. The van der Waals surface area contributed by atoms with Gasteiger partial charge in [0.1, 0.15) is 0 Å². The molecule has 1 aliphatic rings. The molecule has 2 unspecified atom stereocenters. The molecule has 0 bridgehead atoms. The van der Waals surface area contributed by atoms with E-state index in [-0.39, 0.29) is 0 Å². The van der Waals surface area contributed by atoms with Crippen LogP contribution in [0.2, 0.25) is 0 Å². The molecule has 2 atom stereocenters. The molecule has 18 heavy (non-hydrogen) atoms. The van der Waals surface area contributed by atoms with E-state index in [0.29, 0.717) is 16.4 Å². The number of likely N-dealkylation sites (tertiary alicyclic amines) is 1. The molecule has 1 fully saturated rings. The molecule has 0 aromatic carbocycles. The molecule has 2 N–H and O–H groups in total. The minimum absolute atomic E-state index is 0.445. The molecule has 0 amide bonds. The minimum Gasteiger partial charge on any atom is -0.393 e. The van der Waals surface area contributed by atoms with Crippen LogP contribution in [-0.4, -0.2) is 29.0 Å². The molecule has 1 rings (SSSR count). The summed E-state index contributed by atoms with van der Waals surface area (Å²) in [7, 11) is 0. The van der Waals surface area contributed by atoms with Crippen molar-refractivity contribution in [3.8, 4) is 0 Å². The molecule has 0 aromatic heterocycles. The zero-order chi connectivity index (χ0) is 13.8. The van der Waals surface area contributed by atoms with Gasteiger partial charge in [0.2, 0.25) is 0 Å². The fourth-order valence-corrected chi connectivity index (χ4v) is 3.31. The van der Waals surface area contributed by atoms with Crippen molar-refractivity contribution in [2.24, 2.45) is 17.1 Å². The van der Waals surface area contributed by atoms with Gasteiger partial charge in [0.15, 0.2) is 0 Å². The second kappa shape index (κ2) is 6.85. The Kier molecular flexibility index (Phi) is 6.06. The summed E-state index contributed by atoms with van der Waals surface area (Å²) in [6.45, 7) is 11.8. The molecular weight excluding hydrogens is 240 g/mol. The first-order valence-corrected chi connectivity index (χ1v) is 7.77. The van der Waals surface area contributed by atoms with Crippen LogP contribution < -0.4 is 5.73 Å². The second-order valence-corrected chi connectivity index (χ2v) is 7.29. The number of nitrogens with two attached hydrogens (primary N) is 1. The Morgan fingerprint density at radius 2 is 2.00 bits per heavy atom. The third-order valence-electron chi connectivity index (χ3n) is 4.41. The largest absolute Gasteiger partial charge is 0.393 e. The molecule has 0 aliphatic carbocycles. The second-order valence-electron chi connectivity index (χ2n) is 6.76. The van der Waals surface area contributed by atoms with Crippen molar-refractivity contribution in [2.75, 3.05) is 13.1 Å². The third kappa shape index (κ3) is 4.85. The monoisotopic (exact) mass is 270 g/mol. The molecular formula is C15H30N2S. The summed E-state index contributed by atoms with van der Waals surface area (Å²) in [5, 5.41) is 0. The van der Waals surface area contributed by atoms with Crippen LogP contribution in [0.4, 0.5) is 0 Å². The van der Waals surface area contributed by atoms with Crippen molar-refractivity contribution in [1.82, 2.24) is 4.90 Å². The van der Waals surface area contributed by atoms with Crippen molar-refractivity contribution in [3.63, 3.8) is 0 Å². The van der Waals surface area contributed by atoms with E-state index in [1.165, 1.54) is 32.4 Å². The summed E-state index contributed by atoms with van der Waals surface area (Å²) in [4.78, 5) is 3.28. The number of hydrogen-bond donors (Lipinski definition) is 1. The number of nitrogens with zero attached hydrogens (tertiary/aromatic N) is 1. The molecule has 0 saturated carbocycles. The van der Waals surface area contributed by atoms with Crippen molar-refractivity contribution >= 4 is 17.2 Å². The highest BCUT2D eigenvalue weighted by molar-refractivity contribution is 7.80. The lowest BCUT2D eigenvalue weighted by Crippen LogP contribution is -2.38. The maximum atomic E-state index is 5.72. The third-order valence-corrected chi connectivity index (χ3v) is 4.58. The van der Waals surface area contributed by atoms with E-state index in [1.807, 2.05) is 0 Å². The molecule has 1 saturated heterocycles. The van der Waals surface area contributed by atoms with Crippen LogP contribution in [0.1, 0.15) is 59.8 Å². The average molecular weight is 270 g/mol. The van der Waals surface area contributed by atoms with Crippen LogP contribution in [0.5, 0.6) is 0 Å². The molecule has 0 spiro atoms. The van der Waals surface area contributed by atoms with Crippen LogP contribution in [0.25, 0.3) is 0 Å². The zero-order valence-electron chi connectivity index (χ0n) is 12.5. The van der Waals surface area contributed by atoms with E-state index in [4.69, 9.17) is 18.0 Å². The van der Waals surface area contributed by atoms with Crippen LogP contribution in [0.3, 0.4) is 0 Å². The lowest BCUT2D eigenvalue weighted by molar-refractivity contribution is 0.181. The van der Waals surface area contributed by atoms with Crippen molar-refractivity contribution < 1.29 is 0 Å². The van der Waals surface area contributed by atoms with Gasteiger partial charge in [-0.2, -0.15) is 0 Å². The van der Waals surface area contributed by atoms with Gasteiger partial charge in [0, 0.05) is 12.5 Å². The highest BCUT2D eigenvalue weighted by atomic mass is 32.1. The van der Waals surface area contributed by atoms with Gasteiger partial charge in [0.05, 0.1) is 4.99 Å². The SMILES string of the molecule is CCC(CC(N)=S)N1CCCC(C(C)(C)C)CC1. The highest BCUT2D eigenvalue weighted by Crippen LogP contribution is 2.34. The van der Waals surface area contributed by atoms with E-state index in [1.54, 1.807) is 0 Å². The maximum absolute atomic E-state index is 5.72. The topological polar surface area (TPSA) is 29.3 Å². The predicted octanol–water partition coefficient (Wildman–Crippen LogP) is 3.59. The summed E-state index contributed by atoms with van der Waals surface area (Å²) in [5.74, 6) is 0.852. The lowest BCUT2D eigenvalue weighted by atomic mass is 9.77. The lowest BCUT2D eigenvalue weighted by Gasteiger charge is -2.31. The summed E-state index contributed by atoms with van der Waals surface area (Å²) in [6.07, 6.45) is 6.03. The van der Waals surface area contributed by atoms with Gasteiger partial charge >= 0.3 is 0 Å². The van der Waals surface area contributed by atoms with Gasteiger partial charge in [-0.15, -0.1) is 0 Å². The Hall–Kier alpha value is -0.150. The molecule has 2 nitrogen and oxygen atoms in total. The maximum Gasteiger partial charge on any atom is 0.0743 e. The summed E-state index contributed by atoms with van der Waals surface area (Å²) in [6, 6.07) is 0.557. The molecule has 1 heterocycles. The highest BCUT2D eigenvalue weighted by Gasteiger charge is 2.28. The Balaban J connectivity index is 2.57. The summed E-state index contributed by atoms with van der Waals surface area (Å²) < 4.78 is 0. The zero-order valence-corrected chi connectivity index (χ0v) is 13.4. The van der Waals surface area contributed by atoms with E-state index in [0.717, 1.165) is 18.8 Å². The van der Waals surface area contributed by atoms with Crippen molar-refractivity contribution in [2.45, 2.75) is 65.8 Å². The van der Waals surface area contributed by atoms with E-state index < -0.39 is 0 Å². The van der Waals surface area contributed by atoms with Crippen LogP contribution >= 0.6 is 12.2 Å². The Morgan fingerprint density at radius 3 is 2.50 bits per heavy atom. The van der Waals surface area contributed by atoms with Gasteiger partial charge in [-0.1, -0.05) is 39.9 Å². The van der Waals surface area contributed by atoms with E-state index >= 15 is 0 Å². The van der Waals surface area contributed by atoms with Gasteiger partial charge in [0.25, 0.3) is 0 Å². The van der Waals surface area contributed by atoms with Gasteiger partial charge in [-0.05, 0) is 50.1 Å². The molecule has 106 valence electrons. The molecule has 0 aromatic rings. The van der Waals surface area contributed by atoms with Gasteiger partial charge in [-0.3, -0.25) is 4.90 Å². The van der Waals surface area contributed by atoms with Crippen molar-refractivity contribution in [1.29, 1.82) is 0 Å². The quantitative estimate of drug-likeness (QED) is 0.792. The number of rotatable bonds is 4. The van der Waals surface area contributed by atoms with Crippen LogP contribution in [0.15, 0.2) is 0 Å². The molecule has 1 aliphatic heterocycles. The molecule has 3 heteroatoms. The fourth-order valence-electron chi connectivity index (χ4n) is 3.11. The average Bonchev–Trinajstić information content (AvgIpc) is 2.50. The smallest absolute Gasteiger partial charge is 0.0743 e. The Bertz CT molecular complexity index is 270.